The molecule has 1 aromatic carbocycles. The van der Waals surface area contributed by atoms with Gasteiger partial charge in [-0.25, -0.2) is 13.1 Å². The molecule has 1 saturated carbocycles. The lowest BCUT2D eigenvalue weighted by atomic mass is 9.96. The highest BCUT2D eigenvalue weighted by Crippen LogP contribution is 2.64. The number of nitrogens with one attached hydrogen (secondary N) is 1. The Balaban J connectivity index is 2.47. The Morgan fingerprint density at radius 1 is 0.914 bits per heavy atom. The molecule has 1 aliphatic rings. The molecule has 0 saturated heterocycles. The van der Waals surface area contributed by atoms with Crippen LogP contribution in [0.3, 0.4) is 0 Å². The largest absolute Gasteiger partial charge is 0.465 e. The van der Waals surface area contributed by atoms with E-state index in [1.807, 2.05) is 6.92 Å². The van der Waals surface area contributed by atoms with Crippen LogP contribution in [0.1, 0.15) is 84.6 Å². The molecule has 0 bridgehead atoms. The monoisotopic (exact) mass is 509 g/mol. The van der Waals surface area contributed by atoms with E-state index in [1.165, 1.54) is 0 Å². The number of benzene rings is 1. The second-order valence-electron chi connectivity index (χ2n) is 9.47. The van der Waals surface area contributed by atoms with Crippen molar-refractivity contribution in [1.82, 2.24) is 4.72 Å². The fourth-order valence-corrected chi connectivity index (χ4v) is 6.46. The van der Waals surface area contributed by atoms with Crippen LogP contribution in [0.2, 0.25) is 0 Å². The van der Waals surface area contributed by atoms with Crippen molar-refractivity contribution in [3.8, 4) is 0 Å². The molecule has 7 nitrogen and oxygen atoms in total. The van der Waals surface area contributed by atoms with Crippen LogP contribution in [-0.2, 0) is 29.1 Å². The van der Waals surface area contributed by atoms with Crippen LogP contribution >= 0.6 is 0 Å². The van der Waals surface area contributed by atoms with Gasteiger partial charge in [-0.3, -0.25) is 9.59 Å². The van der Waals surface area contributed by atoms with Gasteiger partial charge in [-0.2, -0.15) is 0 Å². The van der Waals surface area contributed by atoms with Gasteiger partial charge in [-0.1, -0.05) is 70.1 Å². The molecule has 198 valence electrons. The van der Waals surface area contributed by atoms with E-state index in [1.54, 1.807) is 38.1 Å². The summed E-state index contributed by atoms with van der Waals surface area (Å²) in [5.74, 6) is -2.03. The van der Waals surface area contributed by atoms with E-state index in [0.29, 0.717) is 12.8 Å². The highest BCUT2D eigenvalue weighted by Gasteiger charge is 2.77. The van der Waals surface area contributed by atoms with Crippen LogP contribution in [0.4, 0.5) is 0 Å². The minimum Gasteiger partial charge on any atom is -0.465 e. The molecule has 0 amide bonds. The van der Waals surface area contributed by atoms with Crippen LogP contribution in [0.25, 0.3) is 0 Å². The predicted octanol–water partition coefficient (Wildman–Crippen LogP) is 5.16. The number of aryl methyl sites for hydroxylation is 1. The van der Waals surface area contributed by atoms with Gasteiger partial charge in [0.05, 0.1) is 18.1 Å². The number of hydrogen-bond donors (Lipinski definition) is 1. The van der Waals surface area contributed by atoms with Crippen LogP contribution in [0, 0.1) is 24.2 Å². The Labute approximate surface area is 211 Å². The van der Waals surface area contributed by atoms with Crippen molar-refractivity contribution in [1.29, 1.82) is 0 Å². The molecule has 2 rings (SSSR count). The first-order chi connectivity index (χ1) is 16.7. The highest BCUT2D eigenvalue weighted by atomic mass is 32.2. The van der Waals surface area contributed by atoms with Crippen molar-refractivity contribution in [2.75, 3.05) is 13.2 Å². The van der Waals surface area contributed by atoms with Crippen molar-refractivity contribution < 1.29 is 27.5 Å². The van der Waals surface area contributed by atoms with Crippen molar-refractivity contribution in [3.63, 3.8) is 0 Å². The SMILES string of the molecule is CCCCCC[C@@H](NS(=O)(=O)c1ccc(C)cc1)[C@@H]1[C@H](CCCC)C1(C(=O)OCC)C(=O)OCC. The maximum Gasteiger partial charge on any atom is 0.324 e. The van der Waals surface area contributed by atoms with E-state index >= 15 is 0 Å². The first-order valence-electron chi connectivity index (χ1n) is 13.1. The first-order valence-corrected chi connectivity index (χ1v) is 14.6. The molecule has 0 spiro atoms. The smallest absolute Gasteiger partial charge is 0.324 e. The third-order valence-corrected chi connectivity index (χ3v) is 8.48. The Hall–Kier alpha value is -1.93. The molecular weight excluding hydrogens is 466 g/mol. The second kappa shape index (κ2) is 13.4. The van der Waals surface area contributed by atoms with Gasteiger partial charge in [-0.05, 0) is 51.7 Å². The maximum atomic E-state index is 13.4. The zero-order chi connectivity index (χ0) is 26.1. The van der Waals surface area contributed by atoms with Gasteiger partial charge in [0.1, 0.15) is 0 Å². The van der Waals surface area contributed by atoms with Crippen molar-refractivity contribution in [3.05, 3.63) is 29.8 Å². The van der Waals surface area contributed by atoms with Crippen LogP contribution < -0.4 is 4.72 Å². The van der Waals surface area contributed by atoms with E-state index in [2.05, 4.69) is 18.6 Å². The Morgan fingerprint density at radius 2 is 1.49 bits per heavy atom. The summed E-state index contributed by atoms with van der Waals surface area (Å²) in [6, 6.07) is 6.10. The average Bonchev–Trinajstić information content (AvgIpc) is 3.50. The quantitative estimate of drug-likeness (QED) is 0.188. The lowest BCUT2D eigenvalue weighted by Crippen LogP contribution is -2.41. The molecule has 0 unspecified atom stereocenters. The van der Waals surface area contributed by atoms with Crippen LogP contribution in [-0.4, -0.2) is 39.6 Å². The number of esters is 2. The number of sulfonamides is 1. The van der Waals surface area contributed by atoms with Gasteiger partial charge in [0, 0.05) is 12.0 Å². The summed E-state index contributed by atoms with van der Waals surface area (Å²) in [5.41, 5.74) is -0.502. The standard InChI is InChI=1S/C27H43NO6S/c1-6-10-12-13-15-23(28-35(31,32)21-18-16-20(5)17-19-21)24-22(14-11-7-2)27(24,25(29)33-8-3)26(30)34-9-4/h16-19,22-24,28H,6-15H2,1-5H3/t22-,23+,24-/m0/s1. The van der Waals surface area contributed by atoms with Crippen molar-refractivity contribution in [2.24, 2.45) is 17.3 Å². The lowest BCUT2D eigenvalue weighted by Gasteiger charge is -2.22. The van der Waals surface area contributed by atoms with Gasteiger partial charge < -0.3 is 9.47 Å². The minimum absolute atomic E-state index is 0.142. The molecule has 8 heteroatoms. The third-order valence-electron chi connectivity index (χ3n) is 6.97. The predicted molar refractivity (Wildman–Crippen MR) is 136 cm³/mol. The van der Waals surface area contributed by atoms with Gasteiger partial charge in [0.2, 0.25) is 10.0 Å². The molecule has 0 heterocycles. The van der Waals surface area contributed by atoms with E-state index in [4.69, 9.17) is 9.47 Å². The molecule has 35 heavy (non-hydrogen) atoms. The summed E-state index contributed by atoms with van der Waals surface area (Å²) >= 11 is 0. The molecule has 0 aromatic heterocycles. The fourth-order valence-electron chi connectivity index (χ4n) is 5.16. The van der Waals surface area contributed by atoms with Crippen LogP contribution in [0.15, 0.2) is 29.2 Å². The molecule has 0 aliphatic heterocycles. The van der Waals surface area contributed by atoms with Gasteiger partial charge in [0.15, 0.2) is 5.41 Å². The molecule has 0 radical (unpaired) electrons. The molecule has 1 aliphatic carbocycles. The molecular formula is C27H43NO6S. The van der Waals surface area contributed by atoms with E-state index in [9.17, 15) is 18.0 Å². The fraction of sp³-hybridized carbons (Fsp3) is 0.704. The summed E-state index contributed by atoms with van der Waals surface area (Å²) in [4.78, 5) is 26.7. The summed E-state index contributed by atoms with van der Waals surface area (Å²) in [6.07, 6.45) is 6.76. The van der Waals surface area contributed by atoms with Gasteiger partial charge in [-0.15, -0.1) is 0 Å². The number of hydrogen-bond acceptors (Lipinski definition) is 6. The number of rotatable bonds is 16. The minimum atomic E-state index is -3.85. The summed E-state index contributed by atoms with van der Waals surface area (Å²) in [6.45, 7) is 9.76. The zero-order valence-electron chi connectivity index (χ0n) is 22.0. The van der Waals surface area contributed by atoms with Gasteiger partial charge in [0.25, 0.3) is 0 Å². The van der Waals surface area contributed by atoms with Crippen molar-refractivity contribution in [2.45, 2.75) is 96.9 Å². The van der Waals surface area contributed by atoms with E-state index < -0.39 is 39.3 Å². The van der Waals surface area contributed by atoms with Crippen molar-refractivity contribution >= 4 is 22.0 Å². The number of carbonyl (C=O) groups excluding carboxylic acids is 2. The first kappa shape index (κ1) is 29.3. The summed E-state index contributed by atoms with van der Waals surface area (Å²) in [7, 11) is -3.85. The Kier molecular flexibility index (Phi) is 11.2. The molecule has 3 atom stereocenters. The maximum absolute atomic E-state index is 13.4. The van der Waals surface area contributed by atoms with E-state index in [-0.39, 0.29) is 24.0 Å². The van der Waals surface area contributed by atoms with E-state index in [0.717, 1.165) is 44.1 Å². The third kappa shape index (κ3) is 6.85. The molecule has 1 aromatic rings. The summed E-state index contributed by atoms with van der Waals surface area (Å²) < 4.78 is 40.4. The average molecular weight is 510 g/mol. The lowest BCUT2D eigenvalue weighted by molar-refractivity contribution is -0.166. The topological polar surface area (TPSA) is 98.8 Å². The molecule has 1 fully saturated rings. The van der Waals surface area contributed by atoms with Crippen LogP contribution in [0.5, 0.6) is 0 Å². The number of ether oxygens (including phenoxy) is 2. The number of carbonyl (C=O) groups is 2. The molecule has 1 N–H and O–H groups in total. The zero-order valence-corrected chi connectivity index (χ0v) is 22.8. The number of unbranched alkanes of at least 4 members (excludes halogenated alkanes) is 4. The Morgan fingerprint density at radius 3 is 2.00 bits per heavy atom. The Bertz CT molecular complexity index is 909. The summed E-state index contributed by atoms with van der Waals surface area (Å²) in [5, 5.41) is 0. The van der Waals surface area contributed by atoms with Gasteiger partial charge >= 0.3 is 11.9 Å². The highest BCUT2D eigenvalue weighted by molar-refractivity contribution is 7.89. The second-order valence-corrected chi connectivity index (χ2v) is 11.2. The normalized spacial score (nSPS) is 19.7.